The molecule has 4 nitrogen and oxygen atoms in total. The molecule has 146 valence electrons. The van der Waals surface area contributed by atoms with Crippen molar-refractivity contribution in [1.29, 1.82) is 5.26 Å². The van der Waals surface area contributed by atoms with Gasteiger partial charge in [0, 0.05) is 24.2 Å². The third-order valence-electron chi connectivity index (χ3n) is 5.80. The summed E-state index contributed by atoms with van der Waals surface area (Å²) in [5, 5.41) is 19.8. The van der Waals surface area contributed by atoms with E-state index in [1.807, 2.05) is 0 Å². The summed E-state index contributed by atoms with van der Waals surface area (Å²) in [6.45, 7) is 0. The van der Waals surface area contributed by atoms with Crippen LogP contribution in [0.4, 0.5) is 8.78 Å². The van der Waals surface area contributed by atoms with Crippen molar-refractivity contribution >= 4 is 9.84 Å². The molecule has 3 unspecified atom stereocenters. The zero-order chi connectivity index (χ0) is 20.2. The summed E-state index contributed by atoms with van der Waals surface area (Å²) in [4.78, 5) is -0.0606. The van der Waals surface area contributed by atoms with Crippen LogP contribution in [-0.4, -0.2) is 26.0 Å². The van der Waals surface area contributed by atoms with Crippen molar-refractivity contribution in [3.05, 3.63) is 63.5 Å². The highest BCUT2D eigenvalue weighted by atomic mass is 32.2. The van der Waals surface area contributed by atoms with E-state index < -0.39 is 27.9 Å². The molecule has 0 radical (unpaired) electrons. The monoisotopic (exact) mass is 403 g/mol. The lowest BCUT2D eigenvalue weighted by Crippen LogP contribution is -2.16. The van der Waals surface area contributed by atoms with E-state index in [0.717, 1.165) is 23.8 Å². The molecule has 4 rings (SSSR count). The summed E-state index contributed by atoms with van der Waals surface area (Å²) in [6.07, 6.45) is -0.0102. The first-order chi connectivity index (χ1) is 13.2. The fourth-order valence-electron chi connectivity index (χ4n) is 4.69. The molecule has 0 aromatic heterocycles. The molecule has 0 fully saturated rings. The Morgan fingerprint density at radius 1 is 1.25 bits per heavy atom. The van der Waals surface area contributed by atoms with Gasteiger partial charge in [0.15, 0.2) is 9.84 Å². The van der Waals surface area contributed by atoms with Gasteiger partial charge in [-0.05, 0) is 59.7 Å². The number of sulfone groups is 1. The Kier molecular flexibility index (Phi) is 4.52. The standard InChI is InChI=1S/C21H19F2NO3S/c1-28(26,27)18-6-5-14(16-9-17(23)21(25)20(16)18)15-4-2-3-11-7-13(22)8-12(10-24)19(11)15/h5-8,15,17,21,25H,2-4,9H2,1H3. The largest absolute Gasteiger partial charge is 0.385 e. The van der Waals surface area contributed by atoms with Crippen LogP contribution in [0.5, 0.6) is 0 Å². The van der Waals surface area contributed by atoms with Gasteiger partial charge in [0.1, 0.15) is 18.1 Å². The number of hydrogen-bond donors (Lipinski definition) is 1. The van der Waals surface area contributed by atoms with E-state index >= 15 is 0 Å². The Morgan fingerprint density at radius 2 is 2.00 bits per heavy atom. The number of nitrogens with zero attached hydrogens (tertiary/aromatic N) is 1. The molecule has 2 aliphatic carbocycles. The summed E-state index contributed by atoms with van der Waals surface area (Å²) < 4.78 is 52.6. The van der Waals surface area contributed by atoms with Crippen molar-refractivity contribution in [2.75, 3.05) is 6.26 Å². The molecular formula is C21H19F2NO3S. The molecule has 0 amide bonds. The second kappa shape index (κ2) is 6.64. The summed E-state index contributed by atoms with van der Waals surface area (Å²) in [6, 6.07) is 7.76. The molecule has 2 aromatic rings. The smallest absolute Gasteiger partial charge is 0.175 e. The summed E-state index contributed by atoms with van der Waals surface area (Å²) in [5.41, 5.74) is 3.06. The minimum absolute atomic E-state index is 0.0606. The first-order valence-corrected chi connectivity index (χ1v) is 11.0. The second-order valence-electron chi connectivity index (χ2n) is 7.57. The van der Waals surface area contributed by atoms with E-state index in [9.17, 15) is 27.6 Å². The normalized spacial score (nSPS) is 23.8. The number of aryl methyl sites for hydroxylation is 1. The van der Waals surface area contributed by atoms with Gasteiger partial charge in [-0.25, -0.2) is 17.2 Å². The second-order valence-corrected chi connectivity index (χ2v) is 9.55. The lowest BCUT2D eigenvalue weighted by molar-refractivity contribution is 0.0907. The first kappa shape index (κ1) is 19.0. The highest BCUT2D eigenvalue weighted by Gasteiger charge is 2.39. The topological polar surface area (TPSA) is 78.2 Å². The van der Waals surface area contributed by atoms with Crippen LogP contribution in [0.15, 0.2) is 29.2 Å². The fourth-order valence-corrected chi connectivity index (χ4v) is 5.65. The maximum atomic E-state index is 14.4. The van der Waals surface area contributed by atoms with E-state index in [4.69, 9.17) is 0 Å². The maximum Gasteiger partial charge on any atom is 0.175 e. The van der Waals surface area contributed by atoms with Crippen LogP contribution in [0.2, 0.25) is 0 Å². The molecule has 0 saturated carbocycles. The van der Waals surface area contributed by atoms with Gasteiger partial charge < -0.3 is 5.11 Å². The van der Waals surface area contributed by atoms with Crippen molar-refractivity contribution in [3.63, 3.8) is 0 Å². The molecule has 28 heavy (non-hydrogen) atoms. The van der Waals surface area contributed by atoms with E-state index in [0.29, 0.717) is 24.0 Å². The van der Waals surface area contributed by atoms with Crippen molar-refractivity contribution in [1.82, 2.24) is 0 Å². The minimum atomic E-state index is -3.64. The number of nitriles is 1. The maximum absolute atomic E-state index is 14.4. The van der Waals surface area contributed by atoms with Gasteiger partial charge in [-0.3, -0.25) is 0 Å². The van der Waals surface area contributed by atoms with E-state index in [2.05, 4.69) is 6.07 Å². The molecule has 3 atom stereocenters. The SMILES string of the molecule is CS(=O)(=O)c1ccc(C2CCCc3cc(F)cc(C#N)c32)c2c1C(O)C(F)C2. The Morgan fingerprint density at radius 3 is 2.68 bits per heavy atom. The van der Waals surface area contributed by atoms with Gasteiger partial charge in [-0.15, -0.1) is 0 Å². The molecule has 0 saturated heterocycles. The average molecular weight is 403 g/mol. The number of hydrogen-bond acceptors (Lipinski definition) is 4. The van der Waals surface area contributed by atoms with E-state index in [-0.39, 0.29) is 28.4 Å². The van der Waals surface area contributed by atoms with Crippen molar-refractivity contribution < 1.29 is 22.3 Å². The predicted molar refractivity (Wildman–Crippen MR) is 99.0 cm³/mol. The molecule has 0 heterocycles. The van der Waals surface area contributed by atoms with Crippen LogP contribution in [0.1, 0.15) is 58.2 Å². The highest BCUT2D eigenvalue weighted by molar-refractivity contribution is 7.90. The average Bonchev–Trinajstić information content (AvgIpc) is 2.93. The van der Waals surface area contributed by atoms with Crippen LogP contribution in [-0.2, 0) is 22.7 Å². The Balaban J connectivity index is 1.96. The Hall–Kier alpha value is -2.30. The number of halogens is 2. The Bertz CT molecular complexity index is 1120. The van der Waals surface area contributed by atoms with Gasteiger partial charge in [0.25, 0.3) is 0 Å². The number of aliphatic hydroxyl groups is 1. The van der Waals surface area contributed by atoms with Crippen LogP contribution >= 0.6 is 0 Å². The van der Waals surface area contributed by atoms with Gasteiger partial charge in [0.2, 0.25) is 0 Å². The van der Waals surface area contributed by atoms with Gasteiger partial charge in [-0.1, -0.05) is 6.07 Å². The van der Waals surface area contributed by atoms with Crippen LogP contribution in [0, 0.1) is 17.1 Å². The minimum Gasteiger partial charge on any atom is -0.385 e. The zero-order valence-corrected chi connectivity index (χ0v) is 16.1. The first-order valence-electron chi connectivity index (χ1n) is 9.12. The third kappa shape index (κ3) is 2.92. The third-order valence-corrected chi connectivity index (χ3v) is 6.96. The molecule has 7 heteroatoms. The zero-order valence-electron chi connectivity index (χ0n) is 15.2. The molecular weight excluding hydrogens is 384 g/mol. The van der Waals surface area contributed by atoms with Crippen LogP contribution < -0.4 is 0 Å². The number of fused-ring (bicyclic) bond motifs is 2. The number of rotatable bonds is 2. The van der Waals surface area contributed by atoms with Gasteiger partial charge >= 0.3 is 0 Å². The van der Waals surface area contributed by atoms with E-state index in [1.165, 1.54) is 18.2 Å². The number of benzene rings is 2. The molecule has 2 aromatic carbocycles. The van der Waals surface area contributed by atoms with Crippen LogP contribution in [0.25, 0.3) is 0 Å². The highest BCUT2D eigenvalue weighted by Crippen LogP contribution is 2.46. The lowest BCUT2D eigenvalue weighted by atomic mass is 9.75. The molecule has 0 bridgehead atoms. The fraction of sp³-hybridized carbons (Fsp3) is 0.381. The van der Waals surface area contributed by atoms with Gasteiger partial charge in [-0.2, -0.15) is 5.26 Å². The van der Waals surface area contributed by atoms with Gasteiger partial charge in [0.05, 0.1) is 16.5 Å². The summed E-state index contributed by atoms with van der Waals surface area (Å²) in [5.74, 6) is -0.730. The molecule has 1 N–H and O–H groups in total. The van der Waals surface area contributed by atoms with Crippen molar-refractivity contribution in [2.45, 2.75) is 48.8 Å². The molecule has 0 aliphatic heterocycles. The van der Waals surface area contributed by atoms with E-state index in [1.54, 1.807) is 6.07 Å². The van der Waals surface area contributed by atoms with Crippen molar-refractivity contribution in [3.8, 4) is 6.07 Å². The summed E-state index contributed by atoms with van der Waals surface area (Å²) >= 11 is 0. The number of alkyl halides is 1. The van der Waals surface area contributed by atoms with Crippen LogP contribution in [0.3, 0.4) is 0 Å². The molecule has 0 spiro atoms. The van der Waals surface area contributed by atoms with Crippen molar-refractivity contribution in [2.24, 2.45) is 0 Å². The molecule has 2 aliphatic rings. The lowest BCUT2D eigenvalue weighted by Gasteiger charge is -2.29. The Labute approximate surface area is 162 Å². The summed E-state index contributed by atoms with van der Waals surface area (Å²) in [7, 11) is -3.64. The predicted octanol–water partition coefficient (Wildman–Crippen LogP) is 3.50. The number of aliphatic hydroxyl groups excluding tert-OH is 1. The quantitative estimate of drug-likeness (QED) is 0.833.